The molecule has 3 aromatic rings. The molecular formula is C21H20N2O. The van der Waals surface area contributed by atoms with Crippen LogP contribution in [0.15, 0.2) is 72.9 Å². The fourth-order valence-corrected chi connectivity index (χ4v) is 3.25. The third-order valence-electron chi connectivity index (χ3n) is 4.40. The monoisotopic (exact) mass is 316 g/mol. The van der Waals surface area contributed by atoms with Gasteiger partial charge in [0.05, 0.1) is 0 Å². The first-order chi connectivity index (χ1) is 11.8. The van der Waals surface area contributed by atoms with Gasteiger partial charge in [0.25, 0.3) is 0 Å². The van der Waals surface area contributed by atoms with Crippen molar-refractivity contribution in [2.24, 2.45) is 0 Å². The first-order valence-electron chi connectivity index (χ1n) is 8.25. The Morgan fingerprint density at radius 3 is 2.62 bits per heavy atom. The summed E-state index contributed by atoms with van der Waals surface area (Å²) < 4.78 is 6.43. The fourth-order valence-electron chi connectivity index (χ4n) is 3.25. The number of benzene rings is 2. The summed E-state index contributed by atoms with van der Waals surface area (Å²) in [6.45, 7) is 1.70. The molecule has 0 spiro atoms. The van der Waals surface area contributed by atoms with Gasteiger partial charge in [-0.3, -0.25) is 9.88 Å². The highest BCUT2D eigenvalue weighted by Gasteiger charge is 2.22. The Hall–Kier alpha value is -2.65. The minimum Gasteiger partial charge on any atom is -0.482 e. The summed E-state index contributed by atoms with van der Waals surface area (Å²) in [7, 11) is 2.14. The molecule has 0 aliphatic carbocycles. The van der Waals surface area contributed by atoms with Crippen LogP contribution in [0.2, 0.25) is 0 Å². The lowest BCUT2D eigenvalue weighted by Crippen LogP contribution is -2.26. The normalized spacial score (nSPS) is 17.6. The predicted molar refractivity (Wildman–Crippen MR) is 95.8 cm³/mol. The van der Waals surface area contributed by atoms with Crippen molar-refractivity contribution in [3.05, 3.63) is 84.1 Å². The zero-order valence-corrected chi connectivity index (χ0v) is 13.7. The van der Waals surface area contributed by atoms with Crippen LogP contribution in [-0.4, -0.2) is 23.5 Å². The molecule has 1 aromatic heterocycles. The molecule has 1 unspecified atom stereocenters. The van der Waals surface area contributed by atoms with E-state index in [0.717, 1.165) is 30.1 Å². The summed E-state index contributed by atoms with van der Waals surface area (Å²) in [5.74, 6) is 0.842. The van der Waals surface area contributed by atoms with Gasteiger partial charge in [-0.1, -0.05) is 54.6 Å². The van der Waals surface area contributed by atoms with Crippen molar-refractivity contribution in [2.45, 2.75) is 12.6 Å². The van der Waals surface area contributed by atoms with Crippen LogP contribution in [0.4, 0.5) is 0 Å². The van der Waals surface area contributed by atoms with Gasteiger partial charge in [0.15, 0.2) is 0 Å². The lowest BCUT2D eigenvalue weighted by Gasteiger charge is -2.24. The minimum absolute atomic E-state index is 0.0199. The van der Waals surface area contributed by atoms with Crippen LogP contribution >= 0.6 is 0 Å². The quantitative estimate of drug-likeness (QED) is 0.669. The average molecular weight is 316 g/mol. The maximum Gasteiger partial charge on any atom is 0.146 e. The standard InChI is InChI=1S/C21H20N2O/c1-23-14-17-10-5-6-11-18(17)21-19(12-7-13-22-21)24-20(15-23)16-8-3-2-4-9-16/h2-13,20H,14-15H2,1H3. The van der Waals surface area contributed by atoms with E-state index in [1.807, 2.05) is 24.4 Å². The summed E-state index contributed by atoms with van der Waals surface area (Å²) in [5.41, 5.74) is 4.53. The molecule has 0 amide bonds. The molecular weight excluding hydrogens is 296 g/mol. The summed E-state index contributed by atoms with van der Waals surface area (Å²) in [6.07, 6.45) is 1.81. The van der Waals surface area contributed by atoms with E-state index >= 15 is 0 Å². The van der Waals surface area contributed by atoms with Crippen LogP contribution in [0.5, 0.6) is 5.75 Å². The van der Waals surface area contributed by atoms with Gasteiger partial charge in [-0.05, 0) is 30.3 Å². The van der Waals surface area contributed by atoms with E-state index in [9.17, 15) is 0 Å². The second-order valence-corrected chi connectivity index (χ2v) is 6.22. The molecule has 1 aliphatic heterocycles. The Labute approximate surface area is 142 Å². The van der Waals surface area contributed by atoms with E-state index in [1.54, 1.807) is 0 Å². The topological polar surface area (TPSA) is 25.4 Å². The van der Waals surface area contributed by atoms with E-state index in [2.05, 4.69) is 65.5 Å². The Kier molecular flexibility index (Phi) is 4.01. The molecule has 120 valence electrons. The van der Waals surface area contributed by atoms with Crippen LogP contribution in [-0.2, 0) is 6.54 Å². The molecule has 0 N–H and O–H groups in total. The maximum atomic E-state index is 6.43. The zero-order valence-electron chi connectivity index (χ0n) is 13.7. The van der Waals surface area contributed by atoms with Crippen LogP contribution in [0.3, 0.4) is 0 Å². The lowest BCUT2D eigenvalue weighted by molar-refractivity contribution is 0.147. The molecule has 1 atom stereocenters. The zero-order chi connectivity index (χ0) is 16.4. The Bertz CT molecular complexity index is 832. The molecule has 0 fully saturated rings. The SMILES string of the molecule is CN1Cc2ccccc2-c2ncccc2OC(c2ccccc2)C1. The smallest absolute Gasteiger partial charge is 0.146 e. The molecule has 0 saturated heterocycles. The van der Waals surface area contributed by atoms with Crippen LogP contribution < -0.4 is 4.74 Å². The van der Waals surface area contributed by atoms with Gasteiger partial charge >= 0.3 is 0 Å². The summed E-state index contributed by atoms with van der Waals surface area (Å²) in [5, 5.41) is 0. The van der Waals surface area contributed by atoms with Crippen LogP contribution in [0.25, 0.3) is 11.3 Å². The van der Waals surface area contributed by atoms with Crippen molar-refractivity contribution < 1.29 is 4.74 Å². The van der Waals surface area contributed by atoms with Crippen LogP contribution in [0, 0.1) is 0 Å². The van der Waals surface area contributed by atoms with Crippen molar-refractivity contribution in [1.29, 1.82) is 0 Å². The van der Waals surface area contributed by atoms with Crippen molar-refractivity contribution in [2.75, 3.05) is 13.6 Å². The lowest BCUT2D eigenvalue weighted by atomic mass is 10.0. The summed E-state index contributed by atoms with van der Waals surface area (Å²) >= 11 is 0. The number of likely N-dealkylation sites (N-methyl/N-ethyl adjacent to an activating group) is 1. The first kappa shape index (κ1) is 14.9. The fraction of sp³-hybridized carbons (Fsp3) is 0.190. The minimum atomic E-state index is -0.0199. The van der Waals surface area contributed by atoms with Crippen molar-refractivity contribution in [1.82, 2.24) is 9.88 Å². The number of nitrogens with zero attached hydrogens (tertiary/aromatic N) is 2. The molecule has 3 heteroatoms. The molecule has 0 saturated carbocycles. The van der Waals surface area contributed by atoms with Gasteiger partial charge in [0, 0.05) is 24.8 Å². The number of pyridine rings is 1. The van der Waals surface area contributed by atoms with Crippen molar-refractivity contribution >= 4 is 0 Å². The van der Waals surface area contributed by atoms with Crippen molar-refractivity contribution in [3.63, 3.8) is 0 Å². The third-order valence-corrected chi connectivity index (χ3v) is 4.40. The van der Waals surface area contributed by atoms with E-state index in [0.29, 0.717) is 0 Å². The third kappa shape index (κ3) is 2.91. The summed E-state index contributed by atoms with van der Waals surface area (Å²) in [6, 6.07) is 22.8. The largest absolute Gasteiger partial charge is 0.482 e. The molecule has 4 rings (SSSR count). The van der Waals surface area contributed by atoms with E-state index in [-0.39, 0.29) is 6.10 Å². The van der Waals surface area contributed by atoms with Gasteiger partial charge in [0.1, 0.15) is 17.5 Å². The number of fused-ring (bicyclic) bond motifs is 3. The second-order valence-electron chi connectivity index (χ2n) is 6.22. The van der Waals surface area contributed by atoms with Gasteiger partial charge < -0.3 is 4.74 Å². The van der Waals surface area contributed by atoms with Gasteiger partial charge in [-0.15, -0.1) is 0 Å². The Morgan fingerprint density at radius 1 is 0.958 bits per heavy atom. The maximum absolute atomic E-state index is 6.43. The predicted octanol–water partition coefficient (Wildman–Crippen LogP) is 4.31. The summed E-state index contributed by atoms with van der Waals surface area (Å²) in [4.78, 5) is 6.92. The number of rotatable bonds is 1. The highest BCUT2D eigenvalue weighted by atomic mass is 16.5. The highest BCUT2D eigenvalue weighted by molar-refractivity contribution is 5.69. The molecule has 3 nitrogen and oxygen atoms in total. The van der Waals surface area contributed by atoms with Crippen molar-refractivity contribution in [3.8, 4) is 17.0 Å². The van der Waals surface area contributed by atoms with Crippen LogP contribution in [0.1, 0.15) is 17.2 Å². The number of aromatic nitrogens is 1. The molecule has 2 aromatic carbocycles. The molecule has 24 heavy (non-hydrogen) atoms. The first-order valence-corrected chi connectivity index (χ1v) is 8.25. The average Bonchev–Trinajstić information content (AvgIpc) is 2.68. The number of hydrogen-bond donors (Lipinski definition) is 0. The molecule has 0 bridgehead atoms. The molecule has 0 radical (unpaired) electrons. The second kappa shape index (κ2) is 6.46. The Morgan fingerprint density at radius 2 is 1.75 bits per heavy atom. The number of ether oxygens (including phenoxy) is 1. The molecule has 1 aliphatic rings. The molecule has 2 heterocycles. The van der Waals surface area contributed by atoms with E-state index < -0.39 is 0 Å². The highest BCUT2D eigenvalue weighted by Crippen LogP contribution is 2.35. The van der Waals surface area contributed by atoms with Gasteiger partial charge in [-0.25, -0.2) is 0 Å². The number of hydrogen-bond acceptors (Lipinski definition) is 3. The van der Waals surface area contributed by atoms with Gasteiger partial charge in [0.2, 0.25) is 0 Å². The van der Waals surface area contributed by atoms with Gasteiger partial charge in [-0.2, -0.15) is 0 Å². The van der Waals surface area contributed by atoms with E-state index in [1.165, 1.54) is 11.1 Å². The van der Waals surface area contributed by atoms with E-state index in [4.69, 9.17) is 4.74 Å². The Balaban J connectivity index is 1.83.